The van der Waals surface area contributed by atoms with Crippen molar-refractivity contribution in [2.45, 2.75) is 33.7 Å². The van der Waals surface area contributed by atoms with E-state index < -0.39 is 0 Å². The van der Waals surface area contributed by atoms with Gasteiger partial charge in [0, 0.05) is 6.04 Å². The summed E-state index contributed by atoms with van der Waals surface area (Å²) in [6, 6.07) is 8.57. The molecule has 0 aliphatic heterocycles. The standard InChI is InChI=1S/C14H23NO/c1-5-15-13(11(2)3)10-16-14-9-7-6-8-12(14)4/h6-9,11,13,15H,5,10H2,1-4H3. The summed E-state index contributed by atoms with van der Waals surface area (Å²) in [5.74, 6) is 1.58. The van der Waals surface area contributed by atoms with Crippen molar-refractivity contribution in [3.05, 3.63) is 29.8 Å². The summed E-state index contributed by atoms with van der Waals surface area (Å²) in [4.78, 5) is 0. The normalized spacial score (nSPS) is 12.8. The van der Waals surface area contributed by atoms with Crippen LogP contribution < -0.4 is 10.1 Å². The molecule has 1 aromatic rings. The Hall–Kier alpha value is -1.02. The molecule has 1 unspecified atom stereocenters. The van der Waals surface area contributed by atoms with Crippen molar-refractivity contribution in [1.82, 2.24) is 5.32 Å². The van der Waals surface area contributed by atoms with E-state index in [1.165, 1.54) is 5.56 Å². The van der Waals surface area contributed by atoms with Crippen LogP contribution in [0, 0.1) is 12.8 Å². The summed E-state index contributed by atoms with van der Waals surface area (Å²) in [5.41, 5.74) is 1.20. The maximum atomic E-state index is 5.85. The number of nitrogens with one attached hydrogen (secondary N) is 1. The number of rotatable bonds is 6. The molecule has 0 heterocycles. The number of ether oxygens (including phenoxy) is 1. The number of likely N-dealkylation sites (N-methyl/N-ethyl adjacent to an activating group) is 1. The van der Waals surface area contributed by atoms with Crippen LogP contribution in [0.2, 0.25) is 0 Å². The molecule has 1 N–H and O–H groups in total. The van der Waals surface area contributed by atoms with Crippen LogP contribution in [-0.4, -0.2) is 19.2 Å². The van der Waals surface area contributed by atoms with E-state index in [-0.39, 0.29) is 0 Å². The third-order valence-electron chi connectivity index (χ3n) is 2.78. The highest BCUT2D eigenvalue weighted by Crippen LogP contribution is 2.17. The first-order chi connectivity index (χ1) is 7.65. The van der Waals surface area contributed by atoms with Gasteiger partial charge in [0.15, 0.2) is 0 Å². The van der Waals surface area contributed by atoms with Crippen molar-refractivity contribution >= 4 is 0 Å². The summed E-state index contributed by atoms with van der Waals surface area (Å²) >= 11 is 0. The van der Waals surface area contributed by atoms with Gasteiger partial charge in [-0.1, -0.05) is 39.0 Å². The molecule has 0 radical (unpaired) electrons. The molecule has 0 saturated heterocycles. The summed E-state index contributed by atoms with van der Waals surface area (Å²) < 4.78 is 5.85. The second-order valence-electron chi connectivity index (χ2n) is 4.48. The molecule has 0 aromatic heterocycles. The SMILES string of the molecule is CCNC(COc1ccccc1C)C(C)C. The fourth-order valence-corrected chi connectivity index (χ4v) is 1.65. The van der Waals surface area contributed by atoms with Crippen LogP contribution in [-0.2, 0) is 0 Å². The Morgan fingerprint density at radius 2 is 1.94 bits per heavy atom. The van der Waals surface area contributed by atoms with E-state index in [0.717, 1.165) is 18.9 Å². The second kappa shape index (κ2) is 6.54. The fraction of sp³-hybridized carbons (Fsp3) is 0.571. The average molecular weight is 221 g/mol. The van der Waals surface area contributed by atoms with Gasteiger partial charge in [0.2, 0.25) is 0 Å². The summed E-state index contributed by atoms with van der Waals surface area (Å²) in [6.45, 7) is 10.4. The fourth-order valence-electron chi connectivity index (χ4n) is 1.65. The van der Waals surface area contributed by atoms with Crippen molar-refractivity contribution in [2.24, 2.45) is 5.92 Å². The summed E-state index contributed by atoms with van der Waals surface area (Å²) in [7, 11) is 0. The molecule has 0 amide bonds. The topological polar surface area (TPSA) is 21.3 Å². The summed E-state index contributed by atoms with van der Waals surface area (Å²) in [5, 5.41) is 3.45. The average Bonchev–Trinajstić information content (AvgIpc) is 2.26. The maximum absolute atomic E-state index is 5.85. The number of benzene rings is 1. The molecule has 1 atom stereocenters. The molecule has 0 bridgehead atoms. The van der Waals surface area contributed by atoms with E-state index in [2.05, 4.69) is 39.1 Å². The molecule has 90 valence electrons. The quantitative estimate of drug-likeness (QED) is 0.797. The Morgan fingerprint density at radius 3 is 2.50 bits per heavy atom. The highest BCUT2D eigenvalue weighted by Gasteiger charge is 2.12. The van der Waals surface area contributed by atoms with Crippen LogP contribution in [0.3, 0.4) is 0 Å². The molecule has 0 spiro atoms. The first kappa shape index (κ1) is 13.0. The molecule has 1 aromatic carbocycles. The van der Waals surface area contributed by atoms with Gasteiger partial charge in [0.05, 0.1) is 0 Å². The Morgan fingerprint density at radius 1 is 1.25 bits per heavy atom. The van der Waals surface area contributed by atoms with E-state index in [9.17, 15) is 0 Å². The van der Waals surface area contributed by atoms with Gasteiger partial charge in [-0.25, -0.2) is 0 Å². The third kappa shape index (κ3) is 3.86. The maximum Gasteiger partial charge on any atom is 0.122 e. The predicted molar refractivity (Wildman–Crippen MR) is 69.0 cm³/mol. The number of para-hydroxylation sites is 1. The molecule has 2 nitrogen and oxygen atoms in total. The number of aryl methyl sites for hydroxylation is 1. The zero-order valence-electron chi connectivity index (χ0n) is 10.8. The van der Waals surface area contributed by atoms with Crippen molar-refractivity contribution in [2.75, 3.05) is 13.2 Å². The largest absolute Gasteiger partial charge is 0.492 e. The molecule has 2 heteroatoms. The minimum atomic E-state index is 0.421. The van der Waals surface area contributed by atoms with Gasteiger partial charge < -0.3 is 10.1 Å². The molecule has 0 aliphatic rings. The molecule has 0 fully saturated rings. The van der Waals surface area contributed by atoms with E-state index in [4.69, 9.17) is 4.74 Å². The molecular weight excluding hydrogens is 198 g/mol. The van der Waals surface area contributed by atoms with Crippen LogP contribution in [0.1, 0.15) is 26.3 Å². The van der Waals surface area contributed by atoms with Crippen molar-refractivity contribution in [3.8, 4) is 5.75 Å². The Balaban J connectivity index is 2.52. The van der Waals surface area contributed by atoms with Gasteiger partial charge in [0.25, 0.3) is 0 Å². The highest BCUT2D eigenvalue weighted by molar-refractivity contribution is 5.31. The lowest BCUT2D eigenvalue weighted by Crippen LogP contribution is -2.38. The van der Waals surface area contributed by atoms with Crippen LogP contribution in [0.25, 0.3) is 0 Å². The Kier molecular flexibility index (Phi) is 5.33. The molecular formula is C14H23NO. The monoisotopic (exact) mass is 221 g/mol. The predicted octanol–water partition coefficient (Wildman–Crippen LogP) is 3.01. The molecule has 0 aliphatic carbocycles. The van der Waals surface area contributed by atoms with Crippen LogP contribution in [0.15, 0.2) is 24.3 Å². The van der Waals surface area contributed by atoms with Gasteiger partial charge in [-0.2, -0.15) is 0 Å². The van der Waals surface area contributed by atoms with Gasteiger partial charge in [-0.15, -0.1) is 0 Å². The van der Waals surface area contributed by atoms with Crippen LogP contribution >= 0.6 is 0 Å². The summed E-state index contributed by atoms with van der Waals surface area (Å²) in [6.07, 6.45) is 0. The highest BCUT2D eigenvalue weighted by atomic mass is 16.5. The van der Waals surface area contributed by atoms with E-state index in [1.807, 2.05) is 18.2 Å². The third-order valence-corrected chi connectivity index (χ3v) is 2.78. The van der Waals surface area contributed by atoms with Gasteiger partial charge in [-0.05, 0) is 31.0 Å². The van der Waals surface area contributed by atoms with Crippen LogP contribution in [0.5, 0.6) is 5.75 Å². The first-order valence-corrected chi connectivity index (χ1v) is 6.07. The lowest BCUT2D eigenvalue weighted by atomic mass is 10.1. The Labute approximate surface area is 99.0 Å². The minimum Gasteiger partial charge on any atom is -0.492 e. The van der Waals surface area contributed by atoms with Crippen LogP contribution in [0.4, 0.5) is 0 Å². The molecule has 16 heavy (non-hydrogen) atoms. The van der Waals surface area contributed by atoms with Crippen molar-refractivity contribution in [3.63, 3.8) is 0 Å². The number of hydrogen-bond acceptors (Lipinski definition) is 2. The van der Waals surface area contributed by atoms with Gasteiger partial charge in [-0.3, -0.25) is 0 Å². The second-order valence-corrected chi connectivity index (χ2v) is 4.48. The molecule has 0 saturated carbocycles. The molecule has 1 rings (SSSR count). The number of hydrogen-bond donors (Lipinski definition) is 1. The van der Waals surface area contributed by atoms with Gasteiger partial charge in [0.1, 0.15) is 12.4 Å². The van der Waals surface area contributed by atoms with E-state index >= 15 is 0 Å². The first-order valence-electron chi connectivity index (χ1n) is 6.07. The lowest BCUT2D eigenvalue weighted by molar-refractivity contribution is 0.231. The smallest absolute Gasteiger partial charge is 0.122 e. The van der Waals surface area contributed by atoms with Crippen molar-refractivity contribution in [1.29, 1.82) is 0 Å². The Bertz CT molecular complexity index is 309. The minimum absolute atomic E-state index is 0.421. The van der Waals surface area contributed by atoms with E-state index in [0.29, 0.717) is 12.0 Å². The van der Waals surface area contributed by atoms with E-state index in [1.54, 1.807) is 0 Å². The zero-order chi connectivity index (χ0) is 12.0. The lowest BCUT2D eigenvalue weighted by Gasteiger charge is -2.22. The van der Waals surface area contributed by atoms with Gasteiger partial charge >= 0.3 is 0 Å². The zero-order valence-corrected chi connectivity index (χ0v) is 10.8. The van der Waals surface area contributed by atoms with Crippen molar-refractivity contribution < 1.29 is 4.74 Å².